The lowest BCUT2D eigenvalue weighted by Gasteiger charge is -2.26. The minimum absolute atomic E-state index is 0.0673. The molecule has 5 heteroatoms. The lowest BCUT2D eigenvalue weighted by molar-refractivity contribution is -0.384. The number of benzene rings is 1. The van der Waals surface area contributed by atoms with Crippen molar-refractivity contribution in [3.63, 3.8) is 0 Å². The fourth-order valence-electron chi connectivity index (χ4n) is 1.64. The highest BCUT2D eigenvalue weighted by Crippen LogP contribution is 2.20. The van der Waals surface area contributed by atoms with Gasteiger partial charge in [0, 0.05) is 17.7 Å². The van der Waals surface area contributed by atoms with Crippen molar-refractivity contribution < 1.29 is 9.66 Å². The Kier molecular flexibility index (Phi) is 5.09. The zero-order valence-electron chi connectivity index (χ0n) is 10.9. The van der Waals surface area contributed by atoms with E-state index in [1.807, 2.05) is 0 Å². The molecule has 5 nitrogen and oxygen atoms in total. The fourth-order valence-corrected chi connectivity index (χ4v) is 1.64. The van der Waals surface area contributed by atoms with Gasteiger partial charge in [0.05, 0.1) is 11.5 Å². The van der Waals surface area contributed by atoms with Gasteiger partial charge in [-0.3, -0.25) is 10.1 Å². The maximum atomic E-state index is 10.5. The number of nitro groups is 1. The lowest BCUT2D eigenvalue weighted by Crippen LogP contribution is -2.39. The summed E-state index contributed by atoms with van der Waals surface area (Å²) >= 11 is 0. The highest BCUT2D eigenvalue weighted by molar-refractivity contribution is 5.35. The first-order valence-electron chi connectivity index (χ1n) is 6.17. The standard InChI is InChI=1S/C13H20N2O3/c1-3-13(14,4-2)9-10-18-12-7-5-11(6-8-12)15(16)17/h5-8H,3-4,9-10,14H2,1-2H3. The molecule has 0 aromatic heterocycles. The largest absolute Gasteiger partial charge is 0.494 e. The maximum absolute atomic E-state index is 10.5. The van der Waals surface area contributed by atoms with Crippen LogP contribution < -0.4 is 10.5 Å². The number of rotatable bonds is 7. The van der Waals surface area contributed by atoms with E-state index in [1.54, 1.807) is 12.1 Å². The Bertz CT molecular complexity index is 386. The summed E-state index contributed by atoms with van der Waals surface area (Å²) in [6.45, 7) is 4.65. The summed E-state index contributed by atoms with van der Waals surface area (Å²) in [5.74, 6) is 0.634. The normalized spacial score (nSPS) is 11.3. The van der Waals surface area contributed by atoms with Gasteiger partial charge in [-0.1, -0.05) is 13.8 Å². The Hall–Kier alpha value is -1.62. The third-order valence-electron chi connectivity index (χ3n) is 3.32. The van der Waals surface area contributed by atoms with Crippen molar-refractivity contribution in [2.24, 2.45) is 5.73 Å². The molecular formula is C13H20N2O3. The molecule has 0 amide bonds. The van der Waals surface area contributed by atoms with E-state index in [1.165, 1.54) is 12.1 Å². The van der Waals surface area contributed by atoms with Crippen LogP contribution in [0.25, 0.3) is 0 Å². The molecule has 0 aliphatic rings. The Morgan fingerprint density at radius 1 is 1.28 bits per heavy atom. The van der Waals surface area contributed by atoms with E-state index >= 15 is 0 Å². The Morgan fingerprint density at radius 3 is 2.28 bits per heavy atom. The van der Waals surface area contributed by atoms with Crippen molar-refractivity contribution in [3.05, 3.63) is 34.4 Å². The summed E-state index contributed by atoms with van der Waals surface area (Å²) in [5.41, 5.74) is 6.04. The Balaban J connectivity index is 2.47. The second-order valence-electron chi connectivity index (χ2n) is 4.42. The van der Waals surface area contributed by atoms with Gasteiger partial charge in [-0.25, -0.2) is 0 Å². The average molecular weight is 252 g/mol. The third-order valence-corrected chi connectivity index (χ3v) is 3.32. The van der Waals surface area contributed by atoms with Crippen molar-refractivity contribution in [3.8, 4) is 5.75 Å². The summed E-state index contributed by atoms with van der Waals surface area (Å²) in [7, 11) is 0. The number of hydrogen-bond donors (Lipinski definition) is 1. The van der Waals surface area contributed by atoms with Crippen molar-refractivity contribution in [1.29, 1.82) is 0 Å². The van der Waals surface area contributed by atoms with E-state index in [0.29, 0.717) is 12.4 Å². The Labute approximate surface area is 107 Å². The molecule has 1 rings (SSSR count). The second kappa shape index (κ2) is 6.35. The van der Waals surface area contributed by atoms with Gasteiger partial charge in [0.2, 0.25) is 0 Å². The minimum Gasteiger partial charge on any atom is -0.494 e. The average Bonchev–Trinajstić information content (AvgIpc) is 2.39. The summed E-state index contributed by atoms with van der Waals surface area (Å²) in [5, 5.41) is 10.5. The third kappa shape index (κ3) is 4.00. The molecule has 0 spiro atoms. The van der Waals surface area contributed by atoms with Gasteiger partial charge >= 0.3 is 0 Å². The van der Waals surface area contributed by atoms with Gasteiger partial charge in [0.1, 0.15) is 5.75 Å². The number of non-ortho nitro benzene ring substituents is 1. The van der Waals surface area contributed by atoms with E-state index < -0.39 is 4.92 Å². The highest BCUT2D eigenvalue weighted by Gasteiger charge is 2.19. The summed E-state index contributed by atoms with van der Waals surface area (Å²) in [6.07, 6.45) is 2.59. The molecular weight excluding hydrogens is 232 g/mol. The number of nitrogens with two attached hydrogens (primary N) is 1. The van der Waals surface area contributed by atoms with E-state index in [-0.39, 0.29) is 11.2 Å². The quantitative estimate of drug-likeness (QED) is 0.597. The van der Waals surface area contributed by atoms with Crippen LogP contribution in [0.4, 0.5) is 5.69 Å². The van der Waals surface area contributed by atoms with Crippen LogP contribution >= 0.6 is 0 Å². The zero-order chi connectivity index (χ0) is 13.6. The predicted molar refractivity (Wildman–Crippen MR) is 70.7 cm³/mol. The van der Waals surface area contributed by atoms with Gasteiger partial charge in [-0.2, -0.15) is 0 Å². The number of nitro benzene ring substituents is 1. The van der Waals surface area contributed by atoms with E-state index in [9.17, 15) is 10.1 Å². The molecule has 0 heterocycles. The van der Waals surface area contributed by atoms with Crippen molar-refractivity contribution >= 4 is 5.69 Å². The van der Waals surface area contributed by atoms with E-state index in [0.717, 1.165) is 19.3 Å². The minimum atomic E-state index is -0.428. The second-order valence-corrected chi connectivity index (χ2v) is 4.42. The summed E-state index contributed by atoms with van der Waals surface area (Å²) < 4.78 is 5.54. The van der Waals surface area contributed by atoms with Gasteiger partial charge in [0.25, 0.3) is 5.69 Å². The fraction of sp³-hybridized carbons (Fsp3) is 0.538. The van der Waals surface area contributed by atoms with Crippen LogP contribution in [0.5, 0.6) is 5.75 Å². The molecule has 2 N–H and O–H groups in total. The molecule has 100 valence electrons. The first kappa shape index (κ1) is 14.4. The SMILES string of the molecule is CCC(N)(CC)CCOc1ccc([N+](=O)[O-])cc1. The smallest absolute Gasteiger partial charge is 0.269 e. The van der Waals surface area contributed by atoms with Gasteiger partial charge in [-0.15, -0.1) is 0 Å². The molecule has 1 aromatic rings. The van der Waals surface area contributed by atoms with Crippen LogP contribution in [0, 0.1) is 10.1 Å². The molecule has 0 bridgehead atoms. The molecule has 0 atom stereocenters. The Morgan fingerprint density at radius 2 is 1.83 bits per heavy atom. The van der Waals surface area contributed by atoms with Crippen molar-refractivity contribution in [1.82, 2.24) is 0 Å². The molecule has 0 saturated carbocycles. The maximum Gasteiger partial charge on any atom is 0.269 e. The molecule has 0 unspecified atom stereocenters. The van der Waals surface area contributed by atoms with E-state index in [4.69, 9.17) is 10.5 Å². The summed E-state index contributed by atoms with van der Waals surface area (Å²) in [6, 6.07) is 6.08. The first-order valence-corrected chi connectivity index (χ1v) is 6.17. The zero-order valence-corrected chi connectivity index (χ0v) is 10.9. The van der Waals surface area contributed by atoms with Crippen LogP contribution in [-0.4, -0.2) is 17.1 Å². The van der Waals surface area contributed by atoms with Crippen LogP contribution in [0.1, 0.15) is 33.1 Å². The molecule has 0 fully saturated rings. The number of hydrogen-bond acceptors (Lipinski definition) is 4. The molecule has 18 heavy (non-hydrogen) atoms. The number of nitrogens with zero attached hydrogens (tertiary/aromatic N) is 1. The molecule has 0 radical (unpaired) electrons. The first-order chi connectivity index (χ1) is 8.50. The van der Waals surface area contributed by atoms with Crippen LogP contribution in [0.15, 0.2) is 24.3 Å². The molecule has 0 aliphatic carbocycles. The van der Waals surface area contributed by atoms with Gasteiger partial charge in [0.15, 0.2) is 0 Å². The van der Waals surface area contributed by atoms with Crippen molar-refractivity contribution in [2.75, 3.05) is 6.61 Å². The van der Waals surface area contributed by atoms with Crippen LogP contribution in [0.3, 0.4) is 0 Å². The molecule has 1 aromatic carbocycles. The van der Waals surface area contributed by atoms with Crippen LogP contribution in [-0.2, 0) is 0 Å². The molecule has 0 aliphatic heterocycles. The highest BCUT2D eigenvalue weighted by atomic mass is 16.6. The van der Waals surface area contributed by atoms with E-state index in [2.05, 4.69) is 13.8 Å². The van der Waals surface area contributed by atoms with Gasteiger partial charge < -0.3 is 10.5 Å². The molecule has 0 saturated heterocycles. The van der Waals surface area contributed by atoms with Crippen LogP contribution in [0.2, 0.25) is 0 Å². The number of ether oxygens (including phenoxy) is 1. The van der Waals surface area contributed by atoms with Crippen molar-refractivity contribution in [2.45, 2.75) is 38.6 Å². The van der Waals surface area contributed by atoms with Gasteiger partial charge in [-0.05, 0) is 31.4 Å². The predicted octanol–water partition coefficient (Wildman–Crippen LogP) is 2.88. The summed E-state index contributed by atoms with van der Waals surface area (Å²) in [4.78, 5) is 10.1. The monoisotopic (exact) mass is 252 g/mol. The lowest BCUT2D eigenvalue weighted by atomic mass is 9.91. The topological polar surface area (TPSA) is 78.4 Å².